The topological polar surface area (TPSA) is 50.8 Å². The molecule has 1 heterocycles. The molecule has 2 rings (SSSR count). The van der Waals surface area contributed by atoms with E-state index in [-0.39, 0.29) is 12.1 Å². The molecule has 0 aliphatic rings. The third kappa shape index (κ3) is 2.70. The van der Waals surface area contributed by atoms with E-state index in [9.17, 15) is 0 Å². The summed E-state index contributed by atoms with van der Waals surface area (Å²) in [5, 5.41) is 8.90. The largest absolute Gasteiger partial charge is 0.491 e. The van der Waals surface area contributed by atoms with E-state index in [2.05, 4.69) is 29.5 Å². The van der Waals surface area contributed by atoms with Crippen molar-refractivity contribution in [2.45, 2.75) is 46.3 Å². The molecule has 0 bridgehead atoms. The predicted molar refractivity (Wildman–Crippen MR) is 75.2 cm³/mol. The van der Waals surface area contributed by atoms with E-state index in [1.807, 2.05) is 32.0 Å². The Labute approximate surface area is 113 Å². The van der Waals surface area contributed by atoms with E-state index in [0.29, 0.717) is 6.42 Å². The van der Waals surface area contributed by atoms with Crippen molar-refractivity contribution in [1.82, 2.24) is 9.55 Å². The third-order valence-corrected chi connectivity index (χ3v) is 2.86. The Kier molecular flexibility index (Phi) is 3.75. The van der Waals surface area contributed by atoms with E-state index < -0.39 is 0 Å². The fourth-order valence-electron chi connectivity index (χ4n) is 2.25. The lowest BCUT2D eigenvalue weighted by atomic mass is 10.2. The second-order valence-corrected chi connectivity index (χ2v) is 5.14. The van der Waals surface area contributed by atoms with E-state index in [1.54, 1.807) is 0 Å². The van der Waals surface area contributed by atoms with Crippen LogP contribution in [0.5, 0.6) is 5.75 Å². The van der Waals surface area contributed by atoms with Crippen LogP contribution < -0.4 is 4.74 Å². The molecule has 4 heteroatoms. The SMILES string of the molecule is CC(C)Oc1ccc2c(c1)nc(CC#N)n2C(C)C. The zero-order valence-electron chi connectivity index (χ0n) is 11.8. The normalized spacial score (nSPS) is 11.2. The fourth-order valence-corrected chi connectivity index (χ4v) is 2.25. The van der Waals surface area contributed by atoms with Crippen LogP contribution in [0.15, 0.2) is 18.2 Å². The van der Waals surface area contributed by atoms with Gasteiger partial charge in [-0.15, -0.1) is 0 Å². The molecular weight excluding hydrogens is 238 g/mol. The quantitative estimate of drug-likeness (QED) is 0.842. The summed E-state index contributed by atoms with van der Waals surface area (Å²) in [7, 11) is 0. The smallest absolute Gasteiger partial charge is 0.124 e. The number of nitriles is 1. The highest BCUT2D eigenvalue weighted by Gasteiger charge is 2.13. The first-order valence-electron chi connectivity index (χ1n) is 6.57. The molecule has 0 atom stereocenters. The monoisotopic (exact) mass is 257 g/mol. The molecule has 0 spiro atoms. The van der Waals surface area contributed by atoms with Gasteiger partial charge < -0.3 is 9.30 Å². The van der Waals surface area contributed by atoms with Crippen LogP contribution >= 0.6 is 0 Å². The highest BCUT2D eigenvalue weighted by Crippen LogP contribution is 2.25. The van der Waals surface area contributed by atoms with Gasteiger partial charge in [0.2, 0.25) is 0 Å². The highest BCUT2D eigenvalue weighted by atomic mass is 16.5. The van der Waals surface area contributed by atoms with Crippen LogP contribution in [0.25, 0.3) is 11.0 Å². The van der Waals surface area contributed by atoms with E-state index in [0.717, 1.165) is 22.6 Å². The average molecular weight is 257 g/mol. The van der Waals surface area contributed by atoms with Gasteiger partial charge in [0.1, 0.15) is 11.6 Å². The van der Waals surface area contributed by atoms with Gasteiger partial charge in [0.05, 0.1) is 29.6 Å². The summed E-state index contributed by atoms with van der Waals surface area (Å²) in [6, 6.07) is 8.37. The van der Waals surface area contributed by atoms with Gasteiger partial charge in [-0.3, -0.25) is 0 Å². The molecule has 0 radical (unpaired) electrons. The maximum atomic E-state index is 8.90. The molecule has 1 aromatic heterocycles. The van der Waals surface area contributed by atoms with Crippen molar-refractivity contribution in [1.29, 1.82) is 5.26 Å². The molecule has 0 aliphatic carbocycles. The van der Waals surface area contributed by atoms with E-state index in [4.69, 9.17) is 10.00 Å². The number of fused-ring (bicyclic) bond motifs is 1. The molecule has 0 aliphatic heterocycles. The minimum atomic E-state index is 0.142. The minimum absolute atomic E-state index is 0.142. The van der Waals surface area contributed by atoms with Crippen LogP contribution in [-0.4, -0.2) is 15.7 Å². The van der Waals surface area contributed by atoms with Crippen LogP contribution in [-0.2, 0) is 6.42 Å². The molecule has 19 heavy (non-hydrogen) atoms. The molecular formula is C15H19N3O. The lowest BCUT2D eigenvalue weighted by molar-refractivity contribution is 0.242. The van der Waals surface area contributed by atoms with Crippen LogP contribution in [0.2, 0.25) is 0 Å². The molecule has 0 saturated carbocycles. The number of rotatable bonds is 4. The second kappa shape index (κ2) is 5.31. The van der Waals surface area contributed by atoms with Gasteiger partial charge in [-0.2, -0.15) is 5.26 Å². The van der Waals surface area contributed by atoms with Gasteiger partial charge in [-0.05, 0) is 39.8 Å². The maximum absolute atomic E-state index is 8.90. The summed E-state index contributed by atoms with van der Waals surface area (Å²) >= 11 is 0. The molecule has 100 valence electrons. The molecule has 4 nitrogen and oxygen atoms in total. The van der Waals surface area contributed by atoms with E-state index >= 15 is 0 Å². The Morgan fingerprint density at radius 2 is 2.05 bits per heavy atom. The third-order valence-electron chi connectivity index (χ3n) is 2.86. The van der Waals surface area contributed by atoms with Crippen molar-refractivity contribution in [3.63, 3.8) is 0 Å². The fraction of sp³-hybridized carbons (Fsp3) is 0.467. The molecule has 1 aromatic carbocycles. The summed E-state index contributed by atoms with van der Waals surface area (Å²) in [4.78, 5) is 4.55. The Bertz CT molecular complexity index is 620. The minimum Gasteiger partial charge on any atom is -0.491 e. The summed E-state index contributed by atoms with van der Waals surface area (Å²) in [5.74, 6) is 1.63. The van der Waals surface area contributed by atoms with Crippen molar-refractivity contribution >= 4 is 11.0 Å². The Morgan fingerprint density at radius 3 is 2.63 bits per heavy atom. The van der Waals surface area contributed by atoms with Gasteiger partial charge in [-0.25, -0.2) is 4.98 Å². The highest BCUT2D eigenvalue weighted by molar-refractivity contribution is 5.78. The van der Waals surface area contributed by atoms with Crippen LogP contribution in [0.4, 0.5) is 0 Å². The predicted octanol–water partition coefficient (Wildman–Crippen LogP) is 3.47. The Morgan fingerprint density at radius 1 is 1.32 bits per heavy atom. The van der Waals surface area contributed by atoms with Crippen molar-refractivity contribution in [3.8, 4) is 11.8 Å². The lowest BCUT2D eigenvalue weighted by Gasteiger charge is -2.12. The molecule has 0 N–H and O–H groups in total. The number of hydrogen-bond acceptors (Lipinski definition) is 3. The number of hydrogen-bond donors (Lipinski definition) is 0. The Balaban J connectivity index is 2.53. The summed E-state index contributed by atoms with van der Waals surface area (Å²) < 4.78 is 7.79. The summed E-state index contributed by atoms with van der Waals surface area (Å²) in [6.45, 7) is 8.19. The standard InChI is InChI=1S/C15H19N3O/c1-10(2)18-14-6-5-12(19-11(3)4)9-13(14)17-15(18)7-8-16/h5-6,9-11H,7H2,1-4H3. The van der Waals surface area contributed by atoms with E-state index in [1.165, 1.54) is 0 Å². The zero-order chi connectivity index (χ0) is 14.0. The Hall–Kier alpha value is -2.02. The molecule has 0 saturated heterocycles. The maximum Gasteiger partial charge on any atom is 0.124 e. The molecule has 0 fully saturated rings. The first kappa shape index (κ1) is 13.4. The first-order chi connectivity index (χ1) is 9.02. The molecule has 0 unspecified atom stereocenters. The second-order valence-electron chi connectivity index (χ2n) is 5.14. The van der Waals surface area contributed by atoms with Crippen LogP contribution in [0.1, 0.15) is 39.6 Å². The summed E-state index contributed by atoms with van der Waals surface area (Å²) in [5.41, 5.74) is 1.94. The van der Waals surface area contributed by atoms with Gasteiger partial charge in [-0.1, -0.05) is 0 Å². The lowest BCUT2D eigenvalue weighted by Crippen LogP contribution is -2.06. The van der Waals surface area contributed by atoms with Gasteiger partial charge in [0, 0.05) is 12.1 Å². The molecule has 2 aromatic rings. The molecule has 0 amide bonds. The van der Waals surface area contributed by atoms with Gasteiger partial charge >= 0.3 is 0 Å². The number of benzene rings is 1. The van der Waals surface area contributed by atoms with Crippen LogP contribution in [0, 0.1) is 11.3 Å². The van der Waals surface area contributed by atoms with Crippen molar-refractivity contribution in [3.05, 3.63) is 24.0 Å². The van der Waals surface area contributed by atoms with Crippen molar-refractivity contribution < 1.29 is 4.74 Å². The zero-order valence-corrected chi connectivity index (χ0v) is 11.8. The van der Waals surface area contributed by atoms with Gasteiger partial charge in [0.15, 0.2) is 0 Å². The van der Waals surface area contributed by atoms with Crippen molar-refractivity contribution in [2.75, 3.05) is 0 Å². The van der Waals surface area contributed by atoms with Gasteiger partial charge in [0.25, 0.3) is 0 Å². The van der Waals surface area contributed by atoms with Crippen LogP contribution in [0.3, 0.4) is 0 Å². The van der Waals surface area contributed by atoms with Crippen molar-refractivity contribution in [2.24, 2.45) is 0 Å². The average Bonchev–Trinajstić information content (AvgIpc) is 2.65. The first-order valence-corrected chi connectivity index (χ1v) is 6.57. The summed E-state index contributed by atoms with van der Waals surface area (Å²) in [6.07, 6.45) is 0.468. The number of imidazole rings is 1. The number of ether oxygens (including phenoxy) is 1. The number of aromatic nitrogens is 2. The number of nitrogens with zero attached hydrogens (tertiary/aromatic N) is 3.